The van der Waals surface area contributed by atoms with Gasteiger partial charge in [0.1, 0.15) is 5.82 Å². The number of aromatic nitrogens is 1. The van der Waals surface area contributed by atoms with Gasteiger partial charge in [-0.1, -0.05) is 0 Å². The summed E-state index contributed by atoms with van der Waals surface area (Å²) >= 11 is 2.18. The van der Waals surface area contributed by atoms with Gasteiger partial charge in [0.25, 0.3) is 0 Å². The number of alkyl halides is 3. The highest BCUT2D eigenvalue weighted by Crippen LogP contribution is 2.35. The molecule has 0 aliphatic carbocycles. The van der Waals surface area contributed by atoms with Crippen molar-refractivity contribution in [3.05, 3.63) is 51.7 Å². The molecule has 0 amide bonds. The van der Waals surface area contributed by atoms with E-state index in [1.54, 1.807) is 9.80 Å². The van der Waals surface area contributed by atoms with Gasteiger partial charge in [0.2, 0.25) is 5.96 Å². The van der Waals surface area contributed by atoms with Crippen LogP contribution in [0.3, 0.4) is 0 Å². The quantitative estimate of drug-likeness (QED) is 0.292. The molecule has 1 saturated heterocycles. The number of aliphatic imine (C=N–C) groups is 1. The molecule has 0 atom stereocenters. The fourth-order valence-corrected chi connectivity index (χ4v) is 3.16. The number of halogens is 4. The molecule has 0 unspecified atom stereocenters. The molecule has 1 aromatic heterocycles. The van der Waals surface area contributed by atoms with Gasteiger partial charge in [0.15, 0.2) is 0 Å². The van der Waals surface area contributed by atoms with Crippen LogP contribution in [0.2, 0.25) is 0 Å². The molecule has 6 nitrogen and oxygen atoms in total. The fraction of sp³-hybridized carbons (Fsp3) is 0.294. The Balaban J connectivity index is 1.72. The van der Waals surface area contributed by atoms with Gasteiger partial charge in [-0.05, 0) is 59.0 Å². The lowest BCUT2D eigenvalue weighted by Crippen LogP contribution is -2.52. The molecule has 2 aromatic rings. The minimum atomic E-state index is -4.45. The average molecular weight is 491 g/mol. The van der Waals surface area contributed by atoms with Gasteiger partial charge >= 0.3 is 6.18 Å². The van der Waals surface area contributed by atoms with E-state index in [2.05, 4.69) is 38.0 Å². The van der Waals surface area contributed by atoms with E-state index in [1.165, 1.54) is 12.3 Å². The summed E-state index contributed by atoms with van der Waals surface area (Å²) < 4.78 is 40.6. The average Bonchev–Trinajstić information content (AvgIpc) is 2.67. The molecule has 144 valence electrons. The highest BCUT2D eigenvalue weighted by Gasteiger charge is 2.36. The Morgan fingerprint density at radius 1 is 1.11 bits per heavy atom. The van der Waals surface area contributed by atoms with Crippen LogP contribution in [0.25, 0.3) is 0 Å². The highest BCUT2D eigenvalue weighted by molar-refractivity contribution is 14.1. The van der Waals surface area contributed by atoms with E-state index < -0.39 is 11.7 Å². The number of rotatable bonds is 2. The molecule has 2 heterocycles. The number of anilines is 1. The maximum Gasteiger partial charge on any atom is 0.419 e. The van der Waals surface area contributed by atoms with Crippen molar-refractivity contribution in [1.29, 1.82) is 0 Å². The maximum absolute atomic E-state index is 13.2. The van der Waals surface area contributed by atoms with E-state index >= 15 is 0 Å². The molecule has 1 fully saturated rings. The number of pyridine rings is 1. The Hall–Kier alpha value is -2.08. The molecule has 0 spiro atoms. The number of hydrogen-bond donors (Lipinski definition) is 2. The number of nitrogens with zero attached hydrogens (tertiary/aromatic N) is 4. The van der Waals surface area contributed by atoms with Gasteiger partial charge < -0.3 is 9.80 Å². The summed E-state index contributed by atoms with van der Waals surface area (Å²) in [5.41, 5.74) is 2.01. The fourth-order valence-electron chi connectivity index (χ4n) is 2.80. The van der Waals surface area contributed by atoms with Gasteiger partial charge in [-0.3, -0.25) is 5.21 Å². The van der Waals surface area contributed by atoms with Crippen LogP contribution < -0.4 is 10.4 Å². The number of hydroxylamine groups is 1. The summed E-state index contributed by atoms with van der Waals surface area (Å²) in [5, 5.41) is 9.43. The van der Waals surface area contributed by atoms with E-state index in [-0.39, 0.29) is 11.8 Å². The summed E-state index contributed by atoms with van der Waals surface area (Å²) in [6, 6.07) is 9.74. The van der Waals surface area contributed by atoms with Crippen LogP contribution in [0.4, 0.5) is 24.7 Å². The third kappa shape index (κ3) is 4.80. The number of guanidine groups is 1. The first-order valence-corrected chi connectivity index (χ1v) is 9.23. The first-order chi connectivity index (χ1) is 12.9. The van der Waals surface area contributed by atoms with Crippen molar-refractivity contribution < 1.29 is 18.4 Å². The lowest BCUT2D eigenvalue weighted by Gasteiger charge is -2.37. The van der Waals surface area contributed by atoms with Crippen LogP contribution >= 0.6 is 22.6 Å². The second-order valence-corrected chi connectivity index (χ2v) is 7.12. The molecule has 10 heteroatoms. The topological polar surface area (TPSA) is 64.0 Å². The molecular formula is C17H17F3IN5O. The minimum absolute atomic E-state index is 0.0715. The van der Waals surface area contributed by atoms with Crippen molar-refractivity contribution in [2.75, 3.05) is 31.1 Å². The van der Waals surface area contributed by atoms with Crippen LogP contribution in [0.1, 0.15) is 5.56 Å². The molecule has 2 N–H and O–H groups in total. The lowest BCUT2D eigenvalue weighted by molar-refractivity contribution is -0.137. The summed E-state index contributed by atoms with van der Waals surface area (Å²) in [6.45, 7) is 1.44. The Labute approximate surface area is 167 Å². The number of benzene rings is 1. The van der Waals surface area contributed by atoms with Crippen molar-refractivity contribution in [3.8, 4) is 0 Å². The van der Waals surface area contributed by atoms with Crippen molar-refractivity contribution in [2.45, 2.75) is 6.18 Å². The van der Waals surface area contributed by atoms with E-state index in [1.807, 2.05) is 24.3 Å². The highest BCUT2D eigenvalue weighted by atomic mass is 127. The van der Waals surface area contributed by atoms with Crippen molar-refractivity contribution in [3.63, 3.8) is 0 Å². The zero-order valence-corrected chi connectivity index (χ0v) is 16.3. The predicted molar refractivity (Wildman–Crippen MR) is 104 cm³/mol. The monoisotopic (exact) mass is 491 g/mol. The number of piperazine rings is 1. The Bertz CT molecular complexity index is 805. The van der Waals surface area contributed by atoms with E-state index in [4.69, 9.17) is 0 Å². The number of hydrogen-bond acceptors (Lipinski definition) is 4. The molecule has 0 bridgehead atoms. The summed E-state index contributed by atoms with van der Waals surface area (Å²) in [4.78, 5) is 11.7. The zero-order valence-electron chi connectivity index (χ0n) is 14.1. The molecule has 1 aromatic carbocycles. The van der Waals surface area contributed by atoms with Crippen LogP contribution in [-0.2, 0) is 6.18 Å². The molecule has 1 aliphatic heterocycles. The zero-order chi connectivity index (χ0) is 19.4. The van der Waals surface area contributed by atoms with Crippen LogP contribution in [0, 0.1) is 3.57 Å². The molecule has 0 radical (unpaired) electrons. The maximum atomic E-state index is 13.2. The van der Waals surface area contributed by atoms with E-state index in [9.17, 15) is 18.4 Å². The summed E-state index contributed by atoms with van der Waals surface area (Å²) in [5.74, 6) is 0.186. The molecule has 27 heavy (non-hydrogen) atoms. The normalized spacial score (nSPS) is 15.8. The lowest BCUT2D eigenvalue weighted by atomic mass is 10.2. The van der Waals surface area contributed by atoms with Gasteiger partial charge in [0.05, 0.1) is 11.3 Å². The third-order valence-corrected chi connectivity index (χ3v) is 4.85. The van der Waals surface area contributed by atoms with E-state index in [0.29, 0.717) is 31.9 Å². The molecule has 3 rings (SSSR count). The molecular weight excluding hydrogens is 474 g/mol. The van der Waals surface area contributed by atoms with Crippen LogP contribution in [-0.4, -0.2) is 47.2 Å². The third-order valence-electron chi connectivity index (χ3n) is 4.13. The smallest absolute Gasteiger partial charge is 0.353 e. The minimum Gasteiger partial charge on any atom is -0.353 e. The Kier molecular flexibility index (Phi) is 6.05. The van der Waals surface area contributed by atoms with Crippen LogP contribution in [0.15, 0.2) is 47.6 Å². The van der Waals surface area contributed by atoms with Crippen molar-refractivity contribution in [2.24, 2.45) is 4.99 Å². The Morgan fingerprint density at radius 3 is 2.37 bits per heavy atom. The first-order valence-electron chi connectivity index (χ1n) is 8.15. The van der Waals surface area contributed by atoms with Gasteiger partial charge in [-0.25, -0.2) is 15.5 Å². The SMILES string of the molecule is ONC(=Nc1ccc(I)cc1)N1CCN(c2ncccc2C(F)(F)F)CC1. The second-order valence-electron chi connectivity index (χ2n) is 5.87. The summed E-state index contributed by atoms with van der Waals surface area (Å²) in [7, 11) is 0. The summed E-state index contributed by atoms with van der Waals surface area (Å²) in [6.07, 6.45) is -3.10. The van der Waals surface area contributed by atoms with Crippen LogP contribution in [0.5, 0.6) is 0 Å². The van der Waals surface area contributed by atoms with Crippen molar-refractivity contribution >= 4 is 40.1 Å². The van der Waals surface area contributed by atoms with Gasteiger partial charge in [-0.2, -0.15) is 13.2 Å². The molecule has 1 aliphatic rings. The van der Waals surface area contributed by atoms with E-state index in [0.717, 1.165) is 9.64 Å². The van der Waals surface area contributed by atoms with Gasteiger partial charge in [-0.15, -0.1) is 0 Å². The largest absolute Gasteiger partial charge is 0.419 e. The standard InChI is InChI=1S/C17H17F3IN5O/c18-17(19,20)14-2-1-7-22-15(14)25-8-10-26(11-9-25)16(24-27)23-13-5-3-12(21)4-6-13/h1-7,27H,8-11H2,(H,23,24). The number of nitrogens with one attached hydrogen (secondary N) is 1. The molecule has 0 saturated carbocycles. The first kappa shape index (κ1) is 19.7. The predicted octanol–water partition coefficient (Wildman–Crippen LogP) is 3.49. The second kappa shape index (κ2) is 8.30. The van der Waals surface area contributed by atoms with Gasteiger partial charge in [0, 0.05) is 35.9 Å². The van der Waals surface area contributed by atoms with Crippen molar-refractivity contribution in [1.82, 2.24) is 15.4 Å². The Morgan fingerprint density at radius 2 is 1.78 bits per heavy atom.